The van der Waals surface area contributed by atoms with Crippen molar-refractivity contribution in [3.8, 4) is 0 Å². The molecule has 104 valence electrons. The minimum absolute atomic E-state index is 0.0817. The smallest absolute Gasteiger partial charge is 0.323 e. The molecule has 0 spiro atoms. The first-order valence-corrected chi connectivity index (χ1v) is 6.54. The average Bonchev–Trinajstić information content (AvgIpc) is 3.10. The lowest BCUT2D eigenvalue weighted by Crippen LogP contribution is -2.68. The van der Waals surface area contributed by atoms with E-state index in [1.807, 2.05) is 0 Å². The molecule has 0 bridgehead atoms. The molecular formula is C14H17F3N2. The van der Waals surface area contributed by atoms with Crippen molar-refractivity contribution in [3.05, 3.63) is 35.4 Å². The Bertz CT molecular complexity index is 474. The molecule has 0 radical (unpaired) electrons. The van der Waals surface area contributed by atoms with Crippen molar-refractivity contribution in [1.29, 1.82) is 0 Å². The van der Waals surface area contributed by atoms with Gasteiger partial charge in [-0.3, -0.25) is 4.90 Å². The maximum atomic E-state index is 12.6. The quantitative estimate of drug-likeness (QED) is 0.915. The van der Waals surface area contributed by atoms with Gasteiger partial charge in [-0.05, 0) is 30.4 Å². The number of hydrogen-bond donors (Lipinski definition) is 1. The zero-order chi connectivity index (χ0) is 13.7. The van der Waals surface area contributed by atoms with E-state index in [2.05, 4.69) is 4.90 Å². The van der Waals surface area contributed by atoms with Crippen LogP contribution in [0.15, 0.2) is 24.3 Å². The lowest BCUT2D eigenvalue weighted by Gasteiger charge is -2.48. The van der Waals surface area contributed by atoms with Crippen molar-refractivity contribution < 1.29 is 13.2 Å². The molecule has 2 aliphatic rings. The van der Waals surface area contributed by atoms with Crippen molar-refractivity contribution in [1.82, 2.24) is 4.90 Å². The number of hydrogen-bond acceptors (Lipinski definition) is 2. The van der Waals surface area contributed by atoms with Crippen LogP contribution in [-0.4, -0.2) is 23.5 Å². The molecule has 2 nitrogen and oxygen atoms in total. The average molecular weight is 270 g/mol. The summed E-state index contributed by atoms with van der Waals surface area (Å²) in [4.78, 5) is 2.12. The predicted molar refractivity (Wildman–Crippen MR) is 66.4 cm³/mol. The van der Waals surface area contributed by atoms with Crippen molar-refractivity contribution in [2.24, 2.45) is 11.7 Å². The fraction of sp³-hybridized carbons (Fsp3) is 0.571. The highest BCUT2D eigenvalue weighted by Gasteiger charge is 2.49. The van der Waals surface area contributed by atoms with Gasteiger partial charge in [0.05, 0.1) is 5.56 Å². The van der Waals surface area contributed by atoms with E-state index in [0.717, 1.165) is 19.2 Å². The summed E-state index contributed by atoms with van der Waals surface area (Å²) in [7, 11) is 0. The van der Waals surface area contributed by atoms with Gasteiger partial charge in [0.15, 0.2) is 0 Å². The number of halogens is 3. The van der Waals surface area contributed by atoms with E-state index in [0.29, 0.717) is 18.0 Å². The molecule has 1 aromatic carbocycles. The molecule has 1 aromatic rings. The number of benzene rings is 1. The summed E-state index contributed by atoms with van der Waals surface area (Å²) >= 11 is 0. The van der Waals surface area contributed by atoms with Crippen LogP contribution in [0.5, 0.6) is 0 Å². The molecule has 3 rings (SSSR count). The standard InChI is InChI=1S/C14H17F3N2/c15-14(16,17)12-3-1-2-10(6-12)7-19-8-13(18,9-19)11-4-5-11/h1-3,6,11H,4-5,7-9,18H2. The number of alkyl halides is 3. The third kappa shape index (κ3) is 2.62. The van der Waals surface area contributed by atoms with Crippen LogP contribution in [0.2, 0.25) is 0 Å². The van der Waals surface area contributed by atoms with Crippen LogP contribution in [0.3, 0.4) is 0 Å². The summed E-state index contributed by atoms with van der Waals surface area (Å²) < 4.78 is 37.8. The lowest BCUT2D eigenvalue weighted by atomic mass is 9.85. The van der Waals surface area contributed by atoms with Crippen LogP contribution in [0.1, 0.15) is 24.0 Å². The molecule has 2 N–H and O–H groups in total. The molecule has 0 aromatic heterocycles. The summed E-state index contributed by atoms with van der Waals surface area (Å²) in [5.41, 5.74) is 6.27. The first-order valence-electron chi connectivity index (χ1n) is 6.54. The monoisotopic (exact) mass is 270 g/mol. The third-order valence-electron chi connectivity index (χ3n) is 4.09. The largest absolute Gasteiger partial charge is 0.416 e. The van der Waals surface area contributed by atoms with E-state index in [-0.39, 0.29) is 5.54 Å². The maximum absolute atomic E-state index is 12.6. The van der Waals surface area contributed by atoms with E-state index in [4.69, 9.17) is 5.73 Å². The Morgan fingerprint density at radius 2 is 1.95 bits per heavy atom. The summed E-state index contributed by atoms with van der Waals surface area (Å²) in [6, 6.07) is 5.54. The van der Waals surface area contributed by atoms with E-state index in [1.54, 1.807) is 6.07 Å². The highest BCUT2D eigenvalue weighted by Crippen LogP contribution is 2.43. The second kappa shape index (κ2) is 4.21. The van der Waals surface area contributed by atoms with E-state index in [1.165, 1.54) is 25.0 Å². The Kier molecular flexibility index (Phi) is 2.87. The minimum Gasteiger partial charge on any atom is -0.323 e. The van der Waals surface area contributed by atoms with E-state index >= 15 is 0 Å². The second-order valence-electron chi connectivity index (χ2n) is 5.85. The Labute approximate surface area is 110 Å². The van der Waals surface area contributed by atoms with Crippen LogP contribution in [0.4, 0.5) is 13.2 Å². The maximum Gasteiger partial charge on any atom is 0.416 e. The molecule has 0 unspecified atom stereocenters. The van der Waals surface area contributed by atoms with Gasteiger partial charge in [0.25, 0.3) is 0 Å². The van der Waals surface area contributed by atoms with Gasteiger partial charge in [-0.25, -0.2) is 0 Å². The van der Waals surface area contributed by atoms with Gasteiger partial charge in [-0.1, -0.05) is 18.2 Å². The zero-order valence-corrected chi connectivity index (χ0v) is 10.6. The fourth-order valence-electron chi connectivity index (χ4n) is 2.92. The van der Waals surface area contributed by atoms with Gasteiger partial charge in [0.2, 0.25) is 0 Å². The summed E-state index contributed by atoms with van der Waals surface area (Å²) in [5, 5.41) is 0. The summed E-state index contributed by atoms with van der Waals surface area (Å²) in [5.74, 6) is 0.630. The Morgan fingerprint density at radius 3 is 2.53 bits per heavy atom. The molecular weight excluding hydrogens is 253 g/mol. The normalized spacial score (nSPS) is 23.2. The Morgan fingerprint density at radius 1 is 1.26 bits per heavy atom. The molecule has 5 heteroatoms. The van der Waals surface area contributed by atoms with E-state index < -0.39 is 11.7 Å². The highest BCUT2D eigenvalue weighted by molar-refractivity contribution is 5.26. The van der Waals surface area contributed by atoms with Gasteiger partial charge in [0, 0.05) is 25.2 Å². The van der Waals surface area contributed by atoms with Crippen molar-refractivity contribution in [3.63, 3.8) is 0 Å². The molecule has 0 amide bonds. The molecule has 1 saturated heterocycles. The Hall–Kier alpha value is -1.07. The third-order valence-corrected chi connectivity index (χ3v) is 4.09. The predicted octanol–water partition coefficient (Wildman–Crippen LogP) is 2.63. The number of rotatable bonds is 3. The van der Waals surface area contributed by atoms with Gasteiger partial charge in [-0.2, -0.15) is 13.2 Å². The van der Waals surface area contributed by atoms with Gasteiger partial charge in [-0.15, -0.1) is 0 Å². The molecule has 1 saturated carbocycles. The SMILES string of the molecule is NC1(C2CC2)CN(Cc2cccc(C(F)(F)F)c2)C1. The van der Waals surface area contributed by atoms with Crippen molar-refractivity contribution in [2.45, 2.75) is 31.1 Å². The zero-order valence-electron chi connectivity index (χ0n) is 10.6. The number of nitrogens with zero attached hydrogens (tertiary/aromatic N) is 1. The Balaban J connectivity index is 1.62. The van der Waals surface area contributed by atoms with Gasteiger partial charge >= 0.3 is 6.18 Å². The lowest BCUT2D eigenvalue weighted by molar-refractivity contribution is -0.137. The van der Waals surface area contributed by atoms with Crippen LogP contribution in [0.25, 0.3) is 0 Å². The summed E-state index contributed by atoms with van der Waals surface area (Å²) in [6.45, 7) is 2.15. The molecule has 0 atom stereocenters. The fourth-order valence-corrected chi connectivity index (χ4v) is 2.92. The van der Waals surface area contributed by atoms with Crippen molar-refractivity contribution in [2.75, 3.05) is 13.1 Å². The molecule has 1 heterocycles. The summed E-state index contributed by atoms with van der Waals surface area (Å²) in [6.07, 6.45) is -1.86. The first-order chi connectivity index (χ1) is 8.87. The number of nitrogens with two attached hydrogens (primary N) is 1. The number of likely N-dealkylation sites (tertiary alicyclic amines) is 1. The topological polar surface area (TPSA) is 29.3 Å². The highest BCUT2D eigenvalue weighted by atomic mass is 19.4. The molecule has 1 aliphatic carbocycles. The first kappa shape index (κ1) is 12.9. The van der Waals surface area contributed by atoms with Crippen LogP contribution in [0, 0.1) is 5.92 Å². The molecule has 2 fully saturated rings. The van der Waals surface area contributed by atoms with Crippen LogP contribution < -0.4 is 5.73 Å². The van der Waals surface area contributed by atoms with Crippen LogP contribution in [-0.2, 0) is 12.7 Å². The van der Waals surface area contributed by atoms with Crippen molar-refractivity contribution >= 4 is 0 Å². The second-order valence-corrected chi connectivity index (χ2v) is 5.85. The van der Waals surface area contributed by atoms with Gasteiger partial charge < -0.3 is 5.73 Å². The van der Waals surface area contributed by atoms with Gasteiger partial charge in [0.1, 0.15) is 0 Å². The van der Waals surface area contributed by atoms with Crippen LogP contribution >= 0.6 is 0 Å². The van der Waals surface area contributed by atoms with E-state index in [9.17, 15) is 13.2 Å². The molecule has 19 heavy (non-hydrogen) atoms. The minimum atomic E-state index is -4.27. The molecule has 1 aliphatic heterocycles.